The lowest BCUT2D eigenvalue weighted by atomic mass is 10.5. The van der Waals surface area contributed by atoms with Crippen molar-refractivity contribution in [2.75, 3.05) is 13.7 Å². The molecule has 6 heteroatoms. The maximum absolute atomic E-state index is 10.4. The molecule has 1 N–H and O–H groups in total. The van der Waals surface area contributed by atoms with Crippen molar-refractivity contribution in [2.24, 2.45) is 0 Å². The Morgan fingerprint density at radius 2 is 2.10 bits per heavy atom. The third-order valence-electron chi connectivity index (χ3n) is 0.667. The van der Waals surface area contributed by atoms with E-state index in [1.165, 1.54) is 14.0 Å². The summed E-state index contributed by atoms with van der Waals surface area (Å²) in [7, 11) is -2.48. The summed E-state index contributed by atoms with van der Waals surface area (Å²) in [6.45, 7) is 0.828. The van der Waals surface area contributed by atoms with Gasteiger partial charge in [-0.1, -0.05) is 0 Å². The molecule has 10 heavy (non-hydrogen) atoms. The number of nitrogens with one attached hydrogen (secondary N) is 1. The van der Waals surface area contributed by atoms with E-state index in [9.17, 15) is 13.2 Å². The topological polar surface area (TPSA) is 72.5 Å². The van der Waals surface area contributed by atoms with Gasteiger partial charge in [0.2, 0.25) is 0 Å². The first kappa shape index (κ1) is 9.54. The van der Waals surface area contributed by atoms with Crippen molar-refractivity contribution >= 4 is 16.1 Å². The van der Waals surface area contributed by atoms with Gasteiger partial charge in [0.05, 0.1) is 0 Å². The van der Waals surface area contributed by atoms with Crippen molar-refractivity contribution < 1.29 is 17.4 Å². The predicted octanol–water partition coefficient (Wildman–Crippen LogP) is -0.944. The van der Waals surface area contributed by atoms with Crippen LogP contribution in [0.1, 0.15) is 6.92 Å². The molecule has 0 aliphatic carbocycles. The van der Waals surface area contributed by atoms with Crippen LogP contribution in [-0.2, 0) is 19.3 Å². The second kappa shape index (κ2) is 3.65. The van der Waals surface area contributed by atoms with Gasteiger partial charge in [0.15, 0.2) is 5.78 Å². The number of hydrogen-bond donors (Lipinski definition) is 1. The number of carbonyl (C=O) groups is 1. The highest BCUT2D eigenvalue weighted by atomic mass is 32.2. The van der Waals surface area contributed by atoms with Crippen LogP contribution in [0.25, 0.3) is 0 Å². The Morgan fingerprint density at radius 1 is 1.60 bits per heavy atom. The quantitative estimate of drug-likeness (QED) is 0.586. The summed E-state index contributed by atoms with van der Waals surface area (Å²) < 4.78 is 26.9. The van der Waals surface area contributed by atoms with E-state index in [-0.39, 0.29) is 5.78 Å². The summed E-state index contributed by atoms with van der Waals surface area (Å²) in [6, 6.07) is 0. The minimum absolute atomic E-state index is 0.334. The second-order valence-electron chi connectivity index (χ2n) is 1.62. The van der Waals surface area contributed by atoms with Gasteiger partial charge in [-0.2, -0.15) is 13.1 Å². The SMILES string of the molecule is CNS(=O)(=O)OCC(C)=O. The van der Waals surface area contributed by atoms with Crippen LogP contribution in [0.3, 0.4) is 0 Å². The van der Waals surface area contributed by atoms with Crippen LogP contribution in [0, 0.1) is 0 Å². The molecule has 0 bridgehead atoms. The molecule has 0 aliphatic rings. The molecule has 0 aromatic rings. The summed E-state index contributed by atoms with van der Waals surface area (Å²) in [5, 5.41) is 0. The van der Waals surface area contributed by atoms with E-state index >= 15 is 0 Å². The van der Waals surface area contributed by atoms with Gasteiger partial charge in [0.1, 0.15) is 6.61 Å². The molecule has 0 atom stereocenters. The van der Waals surface area contributed by atoms with Crippen LogP contribution in [0.15, 0.2) is 0 Å². The van der Waals surface area contributed by atoms with Crippen LogP contribution in [-0.4, -0.2) is 27.9 Å². The zero-order valence-electron chi connectivity index (χ0n) is 5.75. The number of ketones is 1. The molecule has 60 valence electrons. The van der Waals surface area contributed by atoms with Gasteiger partial charge >= 0.3 is 10.3 Å². The number of Topliss-reactive ketones (excluding diaryl/α,β-unsaturated/α-hetero) is 1. The minimum Gasteiger partial charge on any atom is -0.297 e. The second-order valence-corrected chi connectivity index (χ2v) is 3.17. The molecule has 0 radical (unpaired) electrons. The highest BCUT2D eigenvalue weighted by Crippen LogP contribution is 1.84. The van der Waals surface area contributed by atoms with Crippen molar-refractivity contribution in [3.05, 3.63) is 0 Å². The molecule has 0 spiro atoms. The van der Waals surface area contributed by atoms with Crippen molar-refractivity contribution in [1.82, 2.24) is 4.72 Å². The zero-order chi connectivity index (χ0) is 8.20. The van der Waals surface area contributed by atoms with Crippen molar-refractivity contribution in [3.8, 4) is 0 Å². The number of carbonyl (C=O) groups excluding carboxylic acids is 1. The van der Waals surface area contributed by atoms with Crippen LogP contribution in [0.4, 0.5) is 0 Å². The van der Waals surface area contributed by atoms with E-state index in [1.54, 1.807) is 0 Å². The zero-order valence-corrected chi connectivity index (χ0v) is 6.56. The lowest BCUT2D eigenvalue weighted by Gasteiger charge is -1.99. The molecule has 5 nitrogen and oxygen atoms in total. The van der Waals surface area contributed by atoms with Gasteiger partial charge in [-0.15, -0.1) is 0 Å². The average molecular weight is 167 g/mol. The molecule has 0 aliphatic heterocycles. The van der Waals surface area contributed by atoms with Gasteiger partial charge in [-0.25, -0.2) is 0 Å². The van der Waals surface area contributed by atoms with Gasteiger partial charge in [0, 0.05) is 7.05 Å². The molecule has 0 saturated heterocycles. The average Bonchev–Trinajstić information content (AvgIpc) is 1.85. The molecular formula is C4H9NO4S. The Hall–Kier alpha value is -0.460. The van der Waals surface area contributed by atoms with Crippen LogP contribution < -0.4 is 4.72 Å². The van der Waals surface area contributed by atoms with Crippen LogP contribution >= 0.6 is 0 Å². The Bertz CT molecular complexity index is 207. The minimum atomic E-state index is -3.69. The Balaban J connectivity index is 3.81. The molecule has 0 unspecified atom stereocenters. The fraction of sp³-hybridized carbons (Fsp3) is 0.750. The lowest BCUT2D eigenvalue weighted by molar-refractivity contribution is -0.118. The third kappa shape index (κ3) is 4.42. The normalized spacial score (nSPS) is 11.4. The molecule has 0 saturated carbocycles. The first-order chi connectivity index (χ1) is 4.48. The predicted molar refractivity (Wildman–Crippen MR) is 34.6 cm³/mol. The molecular weight excluding hydrogens is 158 g/mol. The van der Waals surface area contributed by atoms with E-state index in [0.717, 1.165) is 0 Å². The molecule has 0 rings (SSSR count). The highest BCUT2D eigenvalue weighted by molar-refractivity contribution is 7.84. The standard InChI is InChI=1S/C4H9NO4S/c1-4(6)3-9-10(7,8)5-2/h5H,3H2,1-2H3. The fourth-order valence-electron chi connectivity index (χ4n) is 0.219. The molecule has 0 fully saturated rings. The summed E-state index contributed by atoms with van der Waals surface area (Å²) in [4.78, 5) is 10.2. The monoisotopic (exact) mass is 167 g/mol. The maximum Gasteiger partial charge on any atom is 0.336 e. The maximum atomic E-state index is 10.4. The number of rotatable bonds is 4. The van der Waals surface area contributed by atoms with Crippen molar-refractivity contribution in [1.29, 1.82) is 0 Å². The largest absolute Gasteiger partial charge is 0.336 e. The van der Waals surface area contributed by atoms with Gasteiger partial charge < -0.3 is 0 Å². The molecule has 0 aromatic heterocycles. The van der Waals surface area contributed by atoms with Gasteiger partial charge in [0.25, 0.3) is 0 Å². The first-order valence-corrected chi connectivity index (χ1v) is 3.96. The third-order valence-corrected chi connectivity index (χ3v) is 1.60. The summed E-state index contributed by atoms with van der Waals surface area (Å²) in [5.74, 6) is -0.334. The summed E-state index contributed by atoms with van der Waals surface area (Å²) in [5.41, 5.74) is 0. The summed E-state index contributed by atoms with van der Waals surface area (Å²) in [6.07, 6.45) is 0. The van der Waals surface area contributed by atoms with E-state index in [4.69, 9.17) is 0 Å². The highest BCUT2D eigenvalue weighted by Gasteiger charge is 2.06. The first-order valence-electron chi connectivity index (χ1n) is 2.55. The smallest absolute Gasteiger partial charge is 0.297 e. The lowest BCUT2D eigenvalue weighted by Crippen LogP contribution is -2.23. The van der Waals surface area contributed by atoms with Gasteiger partial charge in [-0.05, 0) is 6.92 Å². The molecule has 0 amide bonds. The van der Waals surface area contributed by atoms with E-state index < -0.39 is 16.9 Å². The van der Waals surface area contributed by atoms with Crippen LogP contribution in [0.2, 0.25) is 0 Å². The fourth-order valence-corrected chi connectivity index (χ4v) is 0.658. The summed E-state index contributed by atoms with van der Waals surface area (Å²) >= 11 is 0. The Morgan fingerprint density at radius 3 is 2.40 bits per heavy atom. The Labute approximate surface area is 59.6 Å². The van der Waals surface area contributed by atoms with E-state index in [0.29, 0.717) is 0 Å². The van der Waals surface area contributed by atoms with E-state index in [2.05, 4.69) is 4.18 Å². The molecule has 0 heterocycles. The van der Waals surface area contributed by atoms with Crippen molar-refractivity contribution in [2.45, 2.75) is 6.92 Å². The van der Waals surface area contributed by atoms with E-state index in [1.807, 2.05) is 4.72 Å². The van der Waals surface area contributed by atoms with Crippen LogP contribution in [0.5, 0.6) is 0 Å². The molecule has 0 aromatic carbocycles. The van der Waals surface area contributed by atoms with Crippen molar-refractivity contribution in [3.63, 3.8) is 0 Å². The number of hydrogen-bond acceptors (Lipinski definition) is 4. The van der Waals surface area contributed by atoms with Gasteiger partial charge in [-0.3, -0.25) is 8.98 Å². The Kier molecular flexibility index (Phi) is 3.48.